The van der Waals surface area contributed by atoms with Crippen molar-refractivity contribution in [3.8, 4) is 5.75 Å². The van der Waals surface area contributed by atoms with Crippen LogP contribution in [0.25, 0.3) is 10.9 Å². The molecule has 3 rings (SSSR count). The summed E-state index contributed by atoms with van der Waals surface area (Å²) >= 11 is 6.22. The highest BCUT2D eigenvalue weighted by molar-refractivity contribution is 6.29. The van der Waals surface area contributed by atoms with Gasteiger partial charge < -0.3 is 15.2 Å². The Morgan fingerprint density at radius 3 is 2.60 bits per heavy atom. The molecule has 0 aliphatic carbocycles. The fraction of sp³-hybridized carbons (Fsp3) is 0.640. The number of hydrogen-bond donors (Lipinski definition) is 2. The normalized spacial score (nSPS) is 21.5. The maximum absolute atomic E-state index is 11.2. The first-order valence-electron chi connectivity index (χ1n) is 11.4. The molecular weight excluding hydrogens is 396 g/mol. The highest BCUT2D eigenvalue weighted by Gasteiger charge is 2.43. The molecular formula is C25H37ClN2O2. The smallest absolute Gasteiger partial charge is 0.131 e. The first-order chi connectivity index (χ1) is 14.1. The van der Waals surface area contributed by atoms with Gasteiger partial charge in [0, 0.05) is 17.0 Å². The van der Waals surface area contributed by atoms with Crippen LogP contribution in [0.5, 0.6) is 5.75 Å². The lowest BCUT2D eigenvalue weighted by atomic mass is 9.84. The molecule has 4 nitrogen and oxygen atoms in total. The van der Waals surface area contributed by atoms with Crippen LogP contribution in [0.4, 0.5) is 0 Å². The van der Waals surface area contributed by atoms with E-state index in [4.69, 9.17) is 16.3 Å². The van der Waals surface area contributed by atoms with Crippen LogP contribution in [0.3, 0.4) is 0 Å². The third-order valence-corrected chi connectivity index (χ3v) is 6.46. The summed E-state index contributed by atoms with van der Waals surface area (Å²) in [5.41, 5.74) is 2.20. The molecule has 0 saturated carbocycles. The predicted molar refractivity (Wildman–Crippen MR) is 125 cm³/mol. The number of rotatable bonds is 8. The summed E-state index contributed by atoms with van der Waals surface area (Å²) in [6.07, 6.45) is 5.08. The monoisotopic (exact) mass is 432 g/mol. The summed E-state index contributed by atoms with van der Waals surface area (Å²) in [4.78, 5) is 4.53. The Balaban J connectivity index is 2.01. The lowest BCUT2D eigenvalue weighted by Crippen LogP contribution is -2.54. The number of ether oxygens (including phenoxy) is 1. The van der Waals surface area contributed by atoms with Gasteiger partial charge >= 0.3 is 0 Å². The molecule has 1 aliphatic rings. The fourth-order valence-electron chi connectivity index (χ4n) is 4.37. The van der Waals surface area contributed by atoms with E-state index in [1.165, 1.54) is 19.3 Å². The lowest BCUT2D eigenvalue weighted by molar-refractivity contribution is -0.0668. The van der Waals surface area contributed by atoms with Crippen molar-refractivity contribution in [2.24, 2.45) is 5.92 Å². The Hall–Kier alpha value is -1.36. The average Bonchev–Trinajstić information content (AvgIpc) is 2.66. The SMILES string of the molecule is CCCCC(CCC(C)C)NC1c2cc3nc(Cl)cc(C)c3cc2OC(C)(C)C1O. The second-order valence-corrected chi connectivity index (χ2v) is 10.2. The van der Waals surface area contributed by atoms with Crippen molar-refractivity contribution in [3.05, 3.63) is 34.5 Å². The van der Waals surface area contributed by atoms with Crippen molar-refractivity contribution in [2.75, 3.05) is 0 Å². The molecule has 3 unspecified atom stereocenters. The van der Waals surface area contributed by atoms with Gasteiger partial charge in [0.05, 0.1) is 11.6 Å². The number of nitrogens with one attached hydrogen (secondary N) is 1. The van der Waals surface area contributed by atoms with E-state index in [0.717, 1.165) is 40.6 Å². The topological polar surface area (TPSA) is 54.4 Å². The minimum atomic E-state index is -0.681. The Morgan fingerprint density at radius 2 is 1.93 bits per heavy atom. The molecule has 2 aromatic rings. The second kappa shape index (κ2) is 9.42. The number of fused-ring (bicyclic) bond motifs is 2. The van der Waals surface area contributed by atoms with Crippen LogP contribution in [-0.2, 0) is 0 Å². The highest BCUT2D eigenvalue weighted by Crippen LogP contribution is 2.42. The van der Waals surface area contributed by atoms with Crippen molar-refractivity contribution in [2.45, 2.75) is 97.4 Å². The van der Waals surface area contributed by atoms with Gasteiger partial charge in [-0.3, -0.25) is 0 Å². The van der Waals surface area contributed by atoms with Crippen molar-refractivity contribution >= 4 is 22.5 Å². The molecule has 0 saturated heterocycles. The molecule has 3 atom stereocenters. The van der Waals surface area contributed by atoms with E-state index in [2.05, 4.69) is 37.1 Å². The zero-order chi connectivity index (χ0) is 22.1. The van der Waals surface area contributed by atoms with Crippen LogP contribution in [-0.4, -0.2) is 27.8 Å². The van der Waals surface area contributed by atoms with Gasteiger partial charge in [0.15, 0.2) is 0 Å². The van der Waals surface area contributed by atoms with E-state index in [1.54, 1.807) is 0 Å². The van der Waals surface area contributed by atoms with Gasteiger partial charge in [-0.05, 0) is 69.7 Å². The number of benzene rings is 1. The van der Waals surface area contributed by atoms with E-state index in [1.807, 2.05) is 32.9 Å². The quantitative estimate of drug-likeness (QED) is 0.477. The highest BCUT2D eigenvalue weighted by atomic mass is 35.5. The maximum atomic E-state index is 11.2. The second-order valence-electron chi connectivity index (χ2n) is 9.77. The summed E-state index contributed by atoms with van der Waals surface area (Å²) in [7, 11) is 0. The summed E-state index contributed by atoms with van der Waals surface area (Å²) in [5, 5.41) is 16.6. The van der Waals surface area contributed by atoms with Gasteiger partial charge in [0.2, 0.25) is 0 Å². The van der Waals surface area contributed by atoms with Gasteiger partial charge in [-0.25, -0.2) is 4.98 Å². The maximum Gasteiger partial charge on any atom is 0.131 e. The molecule has 1 aromatic heterocycles. The molecule has 2 N–H and O–H groups in total. The van der Waals surface area contributed by atoms with E-state index in [9.17, 15) is 5.11 Å². The number of aryl methyl sites for hydroxylation is 1. The molecule has 166 valence electrons. The summed E-state index contributed by atoms with van der Waals surface area (Å²) in [6.45, 7) is 12.7. The van der Waals surface area contributed by atoms with Gasteiger partial charge in [0.25, 0.3) is 0 Å². The molecule has 1 aliphatic heterocycles. The Labute approximate surface area is 186 Å². The summed E-state index contributed by atoms with van der Waals surface area (Å²) in [6, 6.07) is 6.13. The number of pyridine rings is 1. The molecule has 1 aromatic carbocycles. The Bertz CT molecular complexity index is 881. The van der Waals surface area contributed by atoms with Crippen LogP contribution in [0, 0.1) is 12.8 Å². The van der Waals surface area contributed by atoms with Gasteiger partial charge in [-0.15, -0.1) is 0 Å². The van der Waals surface area contributed by atoms with Crippen molar-refractivity contribution in [3.63, 3.8) is 0 Å². The predicted octanol–water partition coefficient (Wildman–Crippen LogP) is 6.35. The number of aliphatic hydroxyl groups is 1. The molecule has 0 fully saturated rings. The van der Waals surface area contributed by atoms with Crippen molar-refractivity contribution in [1.82, 2.24) is 10.3 Å². The molecule has 5 heteroatoms. The summed E-state index contributed by atoms with van der Waals surface area (Å²) < 4.78 is 6.27. The first-order valence-corrected chi connectivity index (χ1v) is 11.7. The van der Waals surface area contributed by atoms with Crippen molar-refractivity contribution < 1.29 is 9.84 Å². The standard InChI is InChI=1S/C25H37ClN2O2/c1-7-8-9-17(11-10-15(2)3)27-23-19-13-20-18(16(4)12-22(26)28-20)14-21(19)30-25(5,6)24(23)29/h12-15,17,23-24,27,29H,7-11H2,1-6H3. The van der Waals surface area contributed by atoms with Crippen LogP contribution >= 0.6 is 11.6 Å². The van der Waals surface area contributed by atoms with E-state index in [-0.39, 0.29) is 6.04 Å². The van der Waals surface area contributed by atoms with E-state index in [0.29, 0.717) is 17.1 Å². The minimum Gasteiger partial charge on any atom is -0.485 e. The zero-order valence-electron chi connectivity index (χ0n) is 19.3. The third-order valence-electron chi connectivity index (χ3n) is 6.27. The van der Waals surface area contributed by atoms with E-state index >= 15 is 0 Å². The van der Waals surface area contributed by atoms with Crippen LogP contribution in [0.15, 0.2) is 18.2 Å². The average molecular weight is 433 g/mol. The molecule has 0 bridgehead atoms. The third kappa shape index (κ3) is 5.09. The molecule has 2 heterocycles. The minimum absolute atomic E-state index is 0.205. The number of halogens is 1. The number of hydrogen-bond acceptors (Lipinski definition) is 4. The van der Waals surface area contributed by atoms with Crippen molar-refractivity contribution in [1.29, 1.82) is 0 Å². The fourth-order valence-corrected chi connectivity index (χ4v) is 4.63. The van der Waals surface area contributed by atoms with E-state index < -0.39 is 11.7 Å². The molecule has 30 heavy (non-hydrogen) atoms. The van der Waals surface area contributed by atoms with Crippen LogP contribution in [0.1, 0.15) is 83.9 Å². The Morgan fingerprint density at radius 1 is 1.20 bits per heavy atom. The Kier molecular flexibility index (Phi) is 7.32. The molecule has 0 amide bonds. The number of aromatic nitrogens is 1. The zero-order valence-corrected chi connectivity index (χ0v) is 20.0. The summed E-state index contributed by atoms with van der Waals surface area (Å²) in [5.74, 6) is 1.48. The van der Waals surface area contributed by atoms with Crippen LogP contribution < -0.4 is 10.1 Å². The van der Waals surface area contributed by atoms with Gasteiger partial charge in [0.1, 0.15) is 22.6 Å². The van der Waals surface area contributed by atoms with Crippen LogP contribution in [0.2, 0.25) is 5.15 Å². The number of nitrogens with zero attached hydrogens (tertiary/aromatic N) is 1. The van der Waals surface area contributed by atoms with Gasteiger partial charge in [-0.1, -0.05) is 45.2 Å². The molecule has 0 radical (unpaired) electrons. The largest absolute Gasteiger partial charge is 0.485 e. The lowest BCUT2D eigenvalue weighted by Gasteiger charge is -2.44. The molecule has 0 spiro atoms. The first kappa shape index (κ1) is 23.3. The number of unbranched alkanes of at least 4 members (excludes halogenated alkanes) is 1. The number of aliphatic hydroxyl groups excluding tert-OH is 1. The van der Waals surface area contributed by atoms with Gasteiger partial charge in [-0.2, -0.15) is 0 Å².